The summed E-state index contributed by atoms with van der Waals surface area (Å²) in [6, 6.07) is 12.7. The Balaban J connectivity index is 2.07. The molecule has 0 saturated heterocycles. The molecule has 5 heteroatoms. The second-order valence-corrected chi connectivity index (χ2v) is 5.18. The van der Waals surface area contributed by atoms with Gasteiger partial charge in [0, 0.05) is 5.56 Å². The third kappa shape index (κ3) is 3.83. The summed E-state index contributed by atoms with van der Waals surface area (Å²) in [7, 11) is 0. The standard InChI is InChI=1S/C14H11Cl2NOS/c15-12-5-4-9(6-13(12)16)8-18-11-3-1-2-10(7-11)14(17)19/h1-7H,8H2,(H2,17,19). The normalized spacial score (nSPS) is 10.2. The maximum absolute atomic E-state index is 5.94. The summed E-state index contributed by atoms with van der Waals surface area (Å²) in [5.74, 6) is 0.705. The first-order valence-corrected chi connectivity index (χ1v) is 6.69. The van der Waals surface area contributed by atoms with E-state index in [-0.39, 0.29) is 0 Å². The maximum atomic E-state index is 5.94. The first-order chi connectivity index (χ1) is 9.06. The van der Waals surface area contributed by atoms with Gasteiger partial charge in [-0.1, -0.05) is 53.6 Å². The fourth-order valence-electron chi connectivity index (χ4n) is 1.54. The van der Waals surface area contributed by atoms with E-state index in [1.807, 2.05) is 24.3 Å². The van der Waals surface area contributed by atoms with Crippen LogP contribution in [0.15, 0.2) is 42.5 Å². The summed E-state index contributed by atoms with van der Waals surface area (Å²) in [6.07, 6.45) is 0. The quantitative estimate of drug-likeness (QED) is 0.859. The van der Waals surface area contributed by atoms with Crippen LogP contribution in [-0.2, 0) is 6.61 Å². The van der Waals surface area contributed by atoms with Gasteiger partial charge < -0.3 is 10.5 Å². The molecule has 0 radical (unpaired) electrons. The summed E-state index contributed by atoms with van der Waals surface area (Å²) in [6.45, 7) is 0.400. The van der Waals surface area contributed by atoms with Crippen molar-refractivity contribution in [2.24, 2.45) is 5.73 Å². The van der Waals surface area contributed by atoms with E-state index in [2.05, 4.69) is 0 Å². The summed E-state index contributed by atoms with van der Waals surface area (Å²) >= 11 is 16.7. The maximum Gasteiger partial charge on any atom is 0.120 e. The number of nitrogens with two attached hydrogens (primary N) is 1. The number of rotatable bonds is 4. The Labute approximate surface area is 127 Å². The molecule has 0 bridgehead atoms. The molecule has 2 N–H and O–H groups in total. The lowest BCUT2D eigenvalue weighted by Crippen LogP contribution is -2.09. The molecule has 0 aliphatic rings. The van der Waals surface area contributed by atoms with E-state index in [9.17, 15) is 0 Å². The Bertz CT molecular complexity index is 616. The molecular formula is C14H11Cl2NOS. The van der Waals surface area contributed by atoms with Crippen LogP contribution in [0.2, 0.25) is 10.0 Å². The van der Waals surface area contributed by atoms with Crippen LogP contribution in [0, 0.1) is 0 Å². The molecule has 0 spiro atoms. The molecule has 2 aromatic carbocycles. The molecule has 0 unspecified atom stereocenters. The third-order valence-electron chi connectivity index (χ3n) is 2.51. The van der Waals surface area contributed by atoms with Crippen molar-refractivity contribution in [3.63, 3.8) is 0 Å². The van der Waals surface area contributed by atoms with Gasteiger partial charge in [0.25, 0.3) is 0 Å². The molecule has 0 aliphatic heterocycles. The van der Waals surface area contributed by atoms with Gasteiger partial charge in [-0.2, -0.15) is 0 Å². The van der Waals surface area contributed by atoms with Crippen molar-refractivity contribution in [3.05, 3.63) is 63.6 Å². The van der Waals surface area contributed by atoms with Gasteiger partial charge in [-0.3, -0.25) is 0 Å². The molecule has 98 valence electrons. The van der Waals surface area contributed by atoms with E-state index < -0.39 is 0 Å². The lowest BCUT2D eigenvalue weighted by Gasteiger charge is -2.08. The summed E-state index contributed by atoms with van der Waals surface area (Å²) in [4.78, 5) is 0.347. The second-order valence-electron chi connectivity index (χ2n) is 3.93. The zero-order valence-corrected chi connectivity index (χ0v) is 12.2. The third-order valence-corrected chi connectivity index (χ3v) is 3.48. The zero-order valence-electron chi connectivity index (χ0n) is 9.90. The number of thiocarbonyl (C=S) groups is 1. The average molecular weight is 312 g/mol. The van der Waals surface area contributed by atoms with Gasteiger partial charge in [-0.15, -0.1) is 0 Å². The fourth-order valence-corrected chi connectivity index (χ4v) is 1.98. The molecule has 0 aliphatic carbocycles. The van der Waals surface area contributed by atoms with Gasteiger partial charge in [-0.05, 0) is 29.8 Å². The number of halogens is 2. The van der Waals surface area contributed by atoms with Crippen LogP contribution in [0.5, 0.6) is 5.75 Å². The first-order valence-electron chi connectivity index (χ1n) is 5.53. The van der Waals surface area contributed by atoms with E-state index in [1.54, 1.807) is 18.2 Å². The predicted molar refractivity (Wildman–Crippen MR) is 83.1 cm³/mol. The van der Waals surface area contributed by atoms with Crippen LogP contribution < -0.4 is 10.5 Å². The van der Waals surface area contributed by atoms with Gasteiger partial charge in [0.05, 0.1) is 10.0 Å². The minimum atomic E-state index is 0.347. The Hall–Kier alpha value is -1.29. The molecule has 2 rings (SSSR count). The van der Waals surface area contributed by atoms with Crippen LogP contribution in [0.1, 0.15) is 11.1 Å². The van der Waals surface area contributed by atoms with Crippen molar-refractivity contribution < 1.29 is 4.74 Å². The minimum absolute atomic E-state index is 0.347. The Morgan fingerprint density at radius 2 is 1.89 bits per heavy atom. The Morgan fingerprint density at radius 1 is 1.11 bits per heavy atom. The van der Waals surface area contributed by atoms with Crippen LogP contribution in [0.4, 0.5) is 0 Å². The summed E-state index contributed by atoms with van der Waals surface area (Å²) in [5, 5.41) is 1.04. The van der Waals surface area contributed by atoms with E-state index in [0.29, 0.717) is 27.4 Å². The number of ether oxygens (including phenoxy) is 1. The molecule has 2 aromatic rings. The smallest absolute Gasteiger partial charge is 0.120 e. The van der Waals surface area contributed by atoms with Crippen molar-refractivity contribution in [1.82, 2.24) is 0 Å². The lowest BCUT2D eigenvalue weighted by molar-refractivity contribution is 0.306. The lowest BCUT2D eigenvalue weighted by atomic mass is 10.2. The molecule has 19 heavy (non-hydrogen) atoms. The highest BCUT2D eigenvalue weighted by atomic mass is 35.5. The van der Waals surface area contributed by atoms with E-state index in [0.717, 1.165) is 11.1 Å². The van der Waals surface area contributed by atoms with Gasteiger partial charge in [0.2, 0.25) is 0 Å². The molecule has 0 atom stereocenters. The largest absolute Gasteiger partial charge is 0.489 e. The monoisotopic (exact) mass is 311 g/mol. The fraction of sp³-hybridized carbons (Fsp3) is 0.0714. The molecule has 0 amide bonds. The number of hydrogen-bond donors (Lipinski definition) is 1. The molecule has 0 heterocycles. The number of hydrogen-bond acceptors (Lipinski definition) is 2. The molecular weight excluding hydrogens is 301 g/mol. The minimum Gasteiger partial charge on any atom is -0.489 e. The number of benzene rings is 2. The SMILES string of the molecule is NC(=S)c1cccc(OCc2ccc(Cl)c(Cl)c2)c1. The Kier molecular flexibility index (Phi) is 4.64. The molecule has 0 aromatic heterocycles. The van der Waals surface area contributed by atoms with Crippen molar-refractivity contribution in [2.45, 2.75) is 6.61 Å². The van der Waals surface area contributed by atoms with Crippen LogP contribution in [0.3, 0.4) is 0 Å². The zero-order chi connectivity index (χ0) is 13.8. The van der Waals surface area contributed by atoms with Crippen molar-refractivity contribution in [3.8, 4) is 5.75 Å². The van der Waals surface area contributed by atoms with Gasteiger partial charge in [0.1, 0.15) is 17.3 Å². The Morgan fingerprint density at radius 3 is 2.58 bits per heavy atom. The van der Waals surface area contributed by atoms with E-state index in [1.165, 1.54) is 0 Å². The highest BCUT2D eigenvalue weighted by Crippen LogP contribution is 2.23. The van der Waals surface area contributed by atoms with Gasteiger partial charge >= 0.3 is 0 Å². The molecule has 2 nitrogen and oxygen atoms in total. The summed E-state index contributed by atoms with van der Waals surface area (Å²) in [5.41, 5.74) is 7.29. The predicted octanol–water partition coefficient (Wildman–Crippen LogP) is 4.21. The first kappa shape index (κ1) is 14.1. The van der Waals surface area contributed by atoms with Crippen LogP contribution in [-0.4, -0.2) is 4.99 Å². The second kappa shape index (κ2) is 6.24. The van der Waals surface area contributed by atoms with E-state index >= 15 is 0 Å². The van der Waals surface area contributed by atoms with Crippen LogP contribution in [0.25, 0.3) is 0 Å². The van der Waals surface area contributed by atoms with Gasteiger partial charge in [0.15, 0.2) is 0 Å². The van der Waals surface area contributed by atoms with E-state index in [4.69, 9.17) is 45.9 Å². The van der Waals surface area contributed by atoms with Crippen molar-refractivity contribution >= 4 is 40.4 Å². The topological polar surface area (TPSA) is 35.2 Å². The molecule has 0 saturated carbocycles. The average Bonchev–Trinajstić information content (AvgIpc) is 2.40. The van der Waals surface area contributed by atoms with Crippen LogP contribution >= 0.6 is 35.4 Å². The molecule has 0 fully saturated rings. The highest BCUT2D eigenvalue weighted by Gasteiger charge is 2.02. The van der Waals surface area contributed by atoms with Gasteiger partial charge in [-0.25, -0.2) is 0 Å². The summed E-state index contributed by atoms with van der Waals surface area (Å²) < 4.78 is 5.66. The van der Waals surface area contributed by atoms with Crippen molar-refractivity contribution in [1.29, 1.82) is 0 Å². The van der Waals surface area contributed by atoms with Crippen molar-refractivity contribution in [2.75, 3.05) is 0 Å². The highest BCUT2D eigenvalue weighted by molar-refractivity contribution is 7.80.